The summed E-state index contributed by atoms with van der Waals surface area (Å²) < 4.78 is 36.6. The summed E-state index contributed by atoms with van der Waals surface area (Å²) >= 11 is 5.93. The van der Waals surface area contributed by atoms with Gasteiger partial charge in [0.1, 0.15) is 11.6 Å². The number of hydrogen-bond acceptors (Lipinski definition) is 3. The normalized spacial score (nSPS) is 12.0. The molecule has 0 fully saturated rings. The minimum Gasteiger partial charge on any atom is -0.338 e. The fraction of sp³-hybridized carbons (Fsp3) is 0.0714. The summed E-state index contributed by atoms with van der Waals surface area (Å²) in [6.07, 6.45) is 1.13. The Hall–Kier alpha value is -1.92. The maximum absolute atomic E-state index is 13.5. The Morgan fingerprint density at radius 2 is 2.00 bits per heavy atom. The number of nitrogens with zero attached hydrogens (tertiary/aromatic N) is 1. The van der Waals surface area contributed by atoms with E-state index in [0.717, 1.165) is 6.26 Å². The molecule has 3 aromatic rings. The van der Waals surface area contributed by atoms with Crippen LogP contribution in [0.25, 0.3) is 22.4 Å². The molecular weight excluding hydrogens is 315 g/mol. The zero-order valence-corrected chi connectivity index (χ0v) is 12.5. The standard InChI is InChI=1S/C14H10ClFN2O2S/c1-21(19,20)8-5-6-11-12(7-8)18-14(17-11)9-3-2-4-10(16)13(9)15/h2-7H,1H3,(H,17,18). The van der Waals surface area contributed by atoms with Gasteiger partial charge in [0.15, 0.2) is 9.84 Å². The first-order valence-electron chi connectivity index (χ1n) is 6.00. The van der Waals surface area contributed by atoms with Gasteiger partial charge in [-0.15, -0.1) is 0 Å². The quantitative estimate of drug-likeness (QED) is 0.785. The Labute approximate surface area is 125 Å². The zero-order valence-electron chi connectivity index (χ0n) is 10.9. The molecule has 0 spiro atoms. The average molecular weight is 325 g/mol. The summed E-state index contributed by atoms with van der Waals surface area (Å²) in [6, 6.07) is 9.01. The number of aromatic nitrogens is 2. The molecule has 1 heterocycles. The van der Waals surface area contributed by atoms with Crippen LogP contribution in [0.5, 0.6) is 0 Å². The van der Waals surface area contributed by atoms with E-state index >= 15 is 0 Å². The highest BCUT2D eigenvalue weighted by molar-refractivity contribution is 7.90. The maximum atomic E-state index is 13.5. The molecule has 0 bridgehead atoms. The van der Waals surface area contributed by atoms with Crippen LogP contribution in [0.1, 0.15) is 0 Å². The molecule has 1 aromatic heterocycles. The molecule has 7 heteroatoms. The molecule has 0 radical (unpaired) electrons. The predicted octanol–water partition coefficient (Wildman–Crippen LogP) is 3.43. The van der Waals surface area contributed by atoms with Gasteiger partial charge in [0.25, 0.3) is 0 Å². The second-order valence-corrected chi connectivity index (χ2v) is 7.03. The monoisotopic (exact) mass is 324 g/mol. The number of imidazole rings is 1. The lowest BCUT2D eigenvalue weighted by Gasteiger charge is -2.00. The van der Waals surface area contributed by atoms with Crippen LogP contribution in [0.2, 0.25) is 5.02 Å². The predicted molar refractivity (Wildman–Crippen MR) is 79.6 cm³/mol. The third kappa shape index (κ3) is 2.52. The smallest absolute Gasteiger partial charge is 0.175 e. The van der Waals surface area contributed by atoms with Crippen molar-refractivity contribution in [2.75, 3.05) is 6.26 Å². The summed E-state index contributed by atoms with van der Waals surface area (Å²) in [5.41, 5.74) is 1.56. The van der Waals surface area contributed by atoms with Gasteiger partial charge in [-0.25, -0.2) is 17.8 Å². The van der Waals surface area contributed by atoms with E-state index in [9.17, 15) is 12.8 Å². The van der Waals surface area contributed by atoms with Crippen molar-refractivity contribution in [2.45, 2.75) is 4.90 Å². The summed E-state index contributed by atoms with van der Waals surface area (Å²) in [7, 11) is -3.30. The second kappa shape index (κ2) is 4.82. The number of aromatic amines is 1. The molecule has 0 unspecified atom stereocenters. The minimum absolute atomic E-state index is 0.0279. The number of sulfone groups is 1. The van der Waals surface area contributed by atoms with E-state index in [1.807, 2.05) is 0 Å². The average Bonchev–Trinajstić information content (AvgIpc) is 2.83. The van der Waals surface area contributed by atoms with Crippen LogP contribution in [-0.4, -0.2) is 24.6 Å². The van der Waals surface area contributed by atoms with Gasteiger partial charge in [0.2, 0.25) is 0 Å². The van der Waals surface area contributed by atoms with Crippen LogP contribution in [0.3, 0.4) is 0 Å². The van der Waals surface area contributed by atoms with E-state index in [1.165, 1.54) is 24.3 Å². The van der Waals surface area contributed by atoms with Crippen molar-refractivity contribution in [3.05, 3.63) is 47.2 Å². The van der Waals surface area contributed by atoms with Crippen molar-refractivity contribution in [3.63, 3.8) is 0 Å². The Bertz CT molecular complexity index is 951. The highest BCUT2D eigenvalue weighted by Crippen LogP contribution is 2.29. The van der Waals surface area contributed by atoms with Gasteiger partial charge in [-0.3, -0.25) is 0 Å². The molecule has 0 saturated carbocycles. The Morgan fingerprint density at radius 1 is 1.24 bits per heavy atom. The number of fused-ring (bicyclic) bond motifs is 1. The van der Waals surface area contributed by atoms with Gasteiger partial charge < -0.3 is 4.98 Å². The molecule has 0 atom stereocenters. The molecule has 0 aliphatic rings. The van der Waals surface area contributed by atoms with E-state index in [4.69, 9.17) is 11.6 Å². The lowest BCUT2D eigenvalue weighted by atomic mass is 10.2. The molecule has 0 saturated heterocycles. The van der Waals surface area contributed by atoms with Crippen molar-refractivity contribution in [2.24, 2.45) is 0 Å². The van der Waals surface area contributed by atoms with Crippen LogP contribution >= 0.6 is 11.6 Å². The summed E-state index contributed by atoms with van der Waals surface area (Å²) in [5.74, 6) is -0.147. The number of H-pyrrole nitrogens is 1. The molecule has 1 N–H and O–H groups in total. The van der Waals surface area contributed by atoms with Gasteiger partial charge in [-0.05, 0) is 30.3 Å². The lowest BCUT2D eigenvalue weighted by molar-refractivity contribution is 0.602. The van der Waals surface area contributed by atoms with Crippen molar-refractivity contribution < 1.29 is 12.8 Å². The van der Waals surface area contributed by atoms with Crippen molar-refractivity contribution in [1.29, 1.82) is 0 Å². The summed E-state index contributed by atoms with van der Waals surface area (Å²) in [5, 5.41) is -0.0279. The van der Waals surface area contributed by atoms with Gasteiger partial charge in [0.05, 0.1) is 21.0 Å². The number of halogens is 2. The number of hydrogen-bond donors (Lipinski definition) is 1. The largest absolute Gasteiger partial charge is 0.338 e. The van der Waals surface area contributed by atoms with Crippen LogP contribution in [-0.2, 0) is 9.84 Å². The highest BCUT2D eigenvalue weighted by Gasteiger charge is 2.14. The number of rotatable bonds is 2. The highest BCUT2D eigenvalue weighted by atomic mass is 35.5. The Morgan fingerprint density at radius 3 is 2.71 bits per heavy atom. The van der Waals surface area contributed by atoms with Crippen LogP contribution in [0.4, 0.5) is 4.39 Å². The van der Waals surface area contributed by atoms with E-state index in [2.05, 4.69) is 9.97 Å². The summed E-state index contributed by atoms with van der Waals surface area (Å²) in [4.78, 5) is 7.46. The third-order valence-corrected chi connectivity index (χ3v) is 4.58. The summed E-state index contributed by atoms with van der Waals surface area (Å²) in [6.45, 7) is 0. The van der Waals surface area contributed by atoms with E-state index < -0.39 is 15.7 Å². The topological polar surface area (TPSA) is 62.8 Å². The van der Waals surface area contributed by atoms with Crippen LogP contribution in [0, 0.1) is 5.82 Å². The second-order valence-electron chi connectivity index (χ2n) is 4.64. The first kappa shape index (κ1) is 14.0. The number of benzene rings is 2. The first-order chi connectivity index (χ1) is 9.86. The molecule has 21 heavy (non-hydrogen) atoms. The van der Waals surface area contributed by atoms with Gasteiger partial charge in [-0.1, -0.05) is 17.7 Å². The first-order valence-corrected chi connectivity index (χ1v) is 8.27. The number of nitrogens with one attached hydrogen (secondary N) is 1. The Balaban J connectivity index is 2.20. The molecule has 0 aliphatic heterocycles. The Kier molecular flexibility index (Phi) is 3.22. The van der Waals surface area contributed by atoms with Crippen molar-refractivity contribution >= 4 is 32.5 Å². The van der Waals surface area contributed by atoms with Gasteiger partial charge >= 0.3 is 0 Å². The van der Waals surface area contributed by atoms with E-state index in [1.54, 1.807) is 12.1 Å². The SMILES string of the molecule is CS(=O)(=O)c1ccc2nc(-c3cccc(F)c3Cl)[nH]c2c1. The van der Waals surface area contributed by atoms with Crippen LogP contribution < -0.4 is 0 Å². The maximum Gasteiger partial charge on any atom is 0.175 e. The molecule has 3 rings (SSSR count). The van der Waals surface area contributed by atoms with Crippen molar-refractivity contribution in [1.82, 2.24) is 9.97 Å². The minimum atomic E-state index is -3.30. The van der Waals surface area contributed by atoms with Gasteiger partial charge in [-0.2, -0.15) is 0 Å². The molecule has 108 valence electrons. The molecule has 0 amide bonds. The fourth-order valence-electron chi connectivity index (χ4n) is 2.03. The zero-order chi connectivity index (χ0) is 15.2. The molecular formula is C14H10ClFN2O2S. The third-order valence-electron chi connectivity index (χ3n) is 3.09. The molecule has 4 nitrogen and oxygen atoms in total. The van der Waals surface area contributed by atoms with E-state index in [-0.39, 0.29) is 9.92 Å². The molecule has 2 aromatic carbocycles. The lowest BCUT2D eigenvalue weighted by Crippen LogP contribution is -1.96. The fourth-order valence-corrected chi connectivity index (χ4v) is 2.90. The van der Waals surface area contributed by atoms with Crippen molar-refractivity contribution in [3.8, 4) is 11.4 Å². The van der Waals surface area contributed by atoms with Crippen LogP contribution in [0.15, 0.2) is 41.3 Å². The van der Waals surface area contributed by atoms with Gasteiger partial charge in [0, 0.05) is 11.8 Å². The van der Waals surface area contributed by atoms with E-state index in [0.29, 0.717) is 22.4 Å². The molecule has 0 aliphatic carbocycles.